The molecule has 1 atom stereocenters. The SMILES string of the molecule is F.O=C(O)C(F)(OS(=O)(=O)O)C(F)(F)C(F)(F)F. The largest absolute Gasteiger partial charge is 0.477 e. The van der Waals surface area contributed by atoms with Gasteiger partial charge in [0.05, 0.1) is 0 Å². The van der Waals surface area contributed by atoms with Crippen LogP contribution in [0.3, 0.4) is 0 Å². The quantitative estimate of drug-likeness (QED) is 0.591. The van der Waals surface area contributed by atoms with Crippen molar-refractivity contribution in [3.05, 3.63) is 0 Å². The Morgan fingerprint density at radius 2 is 1.39 bits per heavy atom. The minimum absolute atomic E-state index is 0. The highest BCUT2D eigenvalue weighted by Gasteiger charge is 2.78. The Hall–Kier alpha value is -1.15. The molecule has 110 valence electrons. The fourth-order valence-electron chi connectivity index (χ4n) is 0.550. The average Bonchev–Trinajstić information content (AvgIpc) is 1.97. The number of hydrogen-bond donors (Lipinski definition) is 2. The van der Waals surface area contributed by atoms with E-state index in [9.17, 15) is 39.6 Å². The van der Waals surface area contributed by atoms with Crippen LogP contribution in [0.4, 0.5) is 31.0 Å². The zero-order chi connectivity index (χ0) is 14.3. The number of carbonyl (C=O) groups is 1. The number of alkyl halides is 6. The molecule has 0 rings (SSSR count). The molecule has 0 spiro atoms. The Balaban J connectivity index is 0. The molecule has 0 aromatic heterocycles. The van der Waals surface area contributed by atoms with Gasteiger partial charge in [-0.3, -0.25) is 9.26 Å². The van der Waals surface area contributed by atoms with E-state index in [1.807, 2.05) is 0 Å². The number of carboxylic acids is 1. The summed E-state index contributed by atoms with van der Waals surface area (Å²) in [4.78, 5) is 9.94. The maximum Gasteiger partial charge on any atom is 0.460 e. The van der Waals surface area contributed by atoms with Gasteiger partial charge in [0, 0.05) is 0 Å². The summed E-state index contributed by atoms with van der Waals surface area (Å²) in [5.74, 6) is -16.3. The Labute approximate surface area is 93.5 Å². The summed E-state index contributed by atoms with van der Waals surface area (Å²) < 4.78 is 102. The van der Waals surface area contributed by atoms with E-state index in [1.165, 1.54) is 0 Å². The molecule has 0 aromatic carbocycles. The Morgan fingerprint density at radius 1 is 1.06 bits per heavy atom. The van der Waals surface area contributed by atoms with Crippen molar-refractivity contribution in [1.29, 1.82) is 0 Å². The standard InChI is InChI=1S/C4H2F6O6S.FH/c5-2(1(11)12,16-17(13,14)15)3(6,7)4(8,9)10;/h(H,11,12)(H,13,14,15);1H. The fourth-order valence-corrected chi connectivity index (χ4v) is 1.02. The molecule has 0 aliphatic carbocycles. The topological polar surface area (TPSA) is 101 Å². The summed E-state index contributed by atoms with van der Waals surface area (Å²) in [6.45, 7) is 0. The molecule has 0 amide bonds. The summed E-state index contributed by atoms with van der Waals surface area (Å²) >= 11 is 0. The highest BCUT2D eigenvalue weighted by Crippen LogP contribution is 2.46. The third kappa shape index (κ3) is 3.42. The Bertz CT molecular complexity index is 414. The van der Waals surface area contributed by atoms with Crippen LogP contribution in [0.25, 0.3) is 0 Å². The van der Waals surface area contributed by atoms with Crippen molar-refractivity contribution < 1.29 is 58.1 Å². The van der Waals surface area contributed by atoms with Crippen LogP contribution in [0.5, 0.6) is 0 Å². The Kier molecular flexibility index (Phi) is 5.17. The number of hydrogen-bond acceptors (Lipinski definition) is 4. The minimum atomic E-state index is -6.76. The summed E-state index contributed by atoms with van der Waals surface area (Å²) in [5.41, 5.74) is 0. The first-order chi connectivity index (χ1) is 7.15. The van der Waals surface area contributed by atoms with Crippen LogP contribution in [-0.4, -0.2) is 42.0 Å². The maximum atomic E-state index is 12.9. The molecule has 0 bridgehead atoms. The summed E-state index contributed by atoms with van der Waals surface area (Å²) in [5, 5.41) is 7.84. The van der Waals surface area contributed by atoms with E-state index in [4.69, 9.17) is 9.66 Å². The first-order valence-corrected chi connectivity index (χ1v) is 4.56. The highest BCUT2D eigenvalue weighted by atomic mass is 32.3. The number of rotatable bonds is 4. The Morgan fingerprint density at radius 3 is 1.56 bits per heavy atom. The third-order valence-corrected chi connectivity index (χ3v) is 1.70. The number of halogens is 7. The van der Waals surface area contributed by atoms with Gasteiger partial charge in [0.25, 0.3) is 0 Å². The second kappa shape index (κ2) is 4.85. The minimum Gasteiger partial charge on any atom is -0.477 e. The van der Waals surface area contributed by atoms with Crippen molar-refractivity contribution in [1.82, 2.24) is 0 Å². The van der Waals surface area contributed by atoms with E-state index in [0.29, 0.717) is 0 Å². The molecule has 0 aliphatic heterocycles. The number of carboxylic acid groups (broad SMARTS) is 1. The van der Waals surface area contributed by atoms with Crippen LogP contribution in [0.2, 0.25) is 0 Å². The lowest BCUT2D eigenvalue weighted by Crippen LogP contribution is -2.60. The van der Waals surface area contributed by atoms with Crippen molar-refractivity contribution in [2.45, 2.75) is 18.0 Å². The third-order valence-electron chi connectivity index (χ3n) is 1.26. The predicted octanol–water partition coefficient (Wildman–Crippen LogP) is 0.906. The van der Waals surface area contributed by atoms with E-state index < -0.39 is 34.3 Å². The fraction of sp³-hybridized carbons (Fsp3) is 0.750. The molecule has 0 heterocycles. The molecule has 0 saturated carbocycles. The van der Waals surface area contributed by atoms with Gasteiger partial charge in [-0.15, -0.1) is 0 Å². The van der Waals surface area contributed by atoms with Crippen LogP contribution in [0.1, 0.15) is 0 Å². The molecule has 2 N–H and O–H groups in total. The molecule has 14 heteroatoms. The van der Waals surface area contributed by atoms with Crippen molar-refractivity contribution >= 4 is 16.4 Å². The normalized spacial score (nSPS) is 16.6. The first-order valence-electron chi connectivity index (χ1n) is 3.20. The molecule has 1 unspecified atom stereocenters. The zero-order valence-corrected chi connectivity index (χ0v) is 8.43. The summed E-state index contributed by atoms with van der Waals surface area (Å²) in [6, 6.07) is 0. The van der Waals surface area contributed by atoms with E-state index in [2.05, 4.69) is 4.18 Å². The molecule has 0 fully saturated rings. The average molecular weight is 312 g/mol. The smallest absolute Gasteiger partial charge is 0.460 e. The van der Waals surface area contributed by atoms with Gasteiger partial charge in [0.15, 0.2) is 0 Å². The number of aliphatic carboxylic acids is 1. The van der Waals surface area contributed by atoms with Crippen molar-refractivity contribution in [2.75, 3.05) is 0 Å². The van der Waals surface area contributed by atoms with Crippen LogP contribution >= 0.6 is 0 Å². The van der Waals surface area contributed by atoms with E-state index in [-0.39, 0.29) is 4.70 Å². The lowest BCUT2D eigenvalue weighted by Gasteiger charge is -2.28. The van der Waals surface area contributed by atoms with Crippen molar-refractivity contribution in [3.8, 4) is 0 Å². The van der Waals surface area contributed by atoms with Gasteiger partial charge in [0.2, 0.25) is 0 Å². The van der Waals surface area contributed by atoms with Crippen LogP contribution in [0.15, 0.2) is 0 Å². The molecule has 18 heavy (non-hydrogen) atoms. The second-order valence-electron chi connectivity index (χ2n) is 2.48. The molecular formula is C4H3F7O6S. The van der Waals surface area contributed by atoms with E-state index >= 15 is 0 Å². The molecule has 0 radical (unpaired) electrons. The van der Waals surface area contributed by atoms with Gasteiger partial charge in [-0.2, -0.15) is 38.9 Å². The lowest BCUT2D eigenvalue weighted by molar-refractivity contribution is -0.357. The van der Waals surface area contributed by atoms with Gasteiger partial charge in [-0.05, 0) is 0 Å². The van der Waals surface area contributed by atoms with Gasteiger partial charge >= 0.3 is 34.3 Å². The summed E-state index contributed by atoms with van der Waals surface area (Å²) in [6.07, 6.45) is -6.76. The first kappa shape index (κ1) is 19.2. The predicted molar refractivity (Wildman–Crippen MR) is 37.6 cm³/mol. The summed E-state index contributed by atoms with van der Waals surface area (Å²) in [7, 11) is -6.21. The van der Waals surface area contributed by atoms with Gasteiger partial charge in [-0.25, -0.2) is 4.79 Å². The second-order valence-corrected chi connectivity index (χ2v) is 3.51. The van der Waals surface area contributed by atoms with Gasteiger partial charge in [-0.1, -0.05) is 0 Å². The molecular weight excluding hydrogens is 309 g/mol. The van der Waals surface area contributed by atoms with Crippen molar-refractivity contribution in [3.63, 3.8) is 0 Å². The molecule has 0 aromatic rings. The van der Waals surface area contributed by atoms with Gasteiger partial charge < -0.3 is 5.11 Å². The van der Waals surface area contributed by atoms with Gasteiger partial charge in [0.1, 0.15) is 0 Å². The molecule has 6 nitrogen and oxygen atoms in total. The zero-order valence-electron chi connectivity index (χ0n) is 7.61. The van der Waals surface area contributed by atoms with E-state index in [1.54, 1.807) is 0 Å². The maximum absolute atomic E-state index is 12.9. The van der Waals surface area contributed by atoms with E-state index in [0.717, 1.165) is 0 Å². The molecule has 0 aliphatic rings. The van der Waals surface area contributed by atoms with Crippen molar-refractivity contribution in [2.24, 2.45) is 0 Å². The highest BCUT2D eigenvalue weighted by molar-refractivity contribution is 7.81. The lowest BCUT2D eigenvalue weighted by atomic mass is 10.1. The van der Waals surface area contributed by atoms with Crippen LogP contribution < -0.4 is 0 Å². The van der Waals surface area contributed by atoms with Crippen LogP contribution in [0, 0.1) is 0 Å². The van der Waals surface area contributed by atoms with Crippen LogP contribution in [-0.2, 0) is 19.4 Å². The molecule has 0 saturated heterocycles. The monoisotopic (exact) mass is 312 g/mol.